The van der Waals surface area contributed by atoms with Crippen LogP contribution in [0.3, 0.4) is 0 Å². The van der Waals surface area contributed by atoms with Gasteiger partial charge >= 0.3 is 0 Å². The van der Waals surface area contributed by atoms with Crippen LogP contribution in [0.15, 0.2) is 48.8 Å². The Labute approximate surface area is 184 Å². The second-order valence-corrected chi connectivity index (χ2v) is 7.64. The molecule has 2 aromatic heterocycles. The molecule has 1 fully saturated rings. The summed E-state index contributed by atoms with van der Waals surface area (Å²) in [5.74, 6) is -1.14. The lowest BCUT2D eigenvalue weighted by atomic mass is 10.1. The van der Waals surface area contributed by atoms with Crippen molar-refractivity contribution < 1.29 is 9.18 Å². The van der Waals surface area contributed by atoms with Crippen molar-refractivity contribution in [1.82, 2.24) is 9.97 Å². The van der Waals surface area contributed by atoms with Crippen LogP contribution in [0.1, 0.15) is 28.9 Å². The molecule has 1 atom stereocenters. The number of aromatic nitrogens is 2. The lowest BCUT2D eigenvalue weighted by Gasteiger charge is -2.33. The molecule has 5 N–H and O–H groups in total. The molecule has 1 amide bonds. The number of nitrogens with two attached hydrogens (primary N) is 2. The van der Waals surface area contributed by atoms with Crippen LogP contribution < -0.4 is 21.7 Å². The van der Waals surface area contributed by atoms with Crippen molar-refractivity contribution in [3.05, 3.63) is 65.9 Å². The second-order valence-electron chi connectivity index (χ2n) is 7.64. The molecule has 32 heavy (non-hydrogen) atoms. The number of rotatable bonds is 4. The van der Waals surface area contributed by atoms with Crippen LogP contribution in [0.25, 0.3) is 11.3 Å². The average Bonchev–Trinajstić information content (AvgIpc) is 2.80. The largest absolute Gasteiger partial charge is 0.397 e. The van der Waals surface area contributed by atoms with E-state index in [0.29, 0.717) is 12.2 Å². The van der Waals surface area contributed by atoms with Crippen molar-refractivity contribution in [3.63, 3.8) is 0 Å². The van der Waals surface area contributed by atoms with Gasteiger partial charge in [0.25, 0.3) is 5.91 Å². The number of carbonyl (C=O) groups is 1. The van der Waals surface area contributed by atoms with E-state index in [2.05, 4.69) is 20.2 Å². The van der Waals surface area contributed by atoms with Crippen LogP contribution in [0, 0.1) is 17.1 Å². The molecule has 8 nitrogen and oxygen atoms in total. The molecule has 0 bridgehead atoms. The zero-order chi connectivity index (χ0) is 22.7. The number of nitrogen functional groups attached to an aromatic ring is 1. The van der Waals surface area contributed by atoms with Crippen LogP contribution in [0.4, 0.5) is 21.5 Å². The summed E-state index contributed by atoms with van der Waals surface area (Å²) in [6, 6.07) is 10.9. The Hall–Kier alpha value is -4.03. The molecule has 1 unspecified atom stereocenters. The van der Waals surface area contributed by atoms with E-state index < -0.39 is 11.7 Å². The number of piperidine rings is 1. The number of halogens is 1. The summed E-state index contributed by atoms with van der Waals surface area (Å²) in [5, 5.41) is 11.8. The SMILES string of the molecule is N#Cc1ccc(-c2ccc(N)c(C(=O)Nc3cnccc3N3CCCC(N)C3)n2)c(F)c1. The van der Waals surface area contributed by atoms with Crippen LogP contribution in [0.2, 0.25) is 0 Å². The number of nitrogens with zero attached hydrogens (tertiary/aromatic N) is 4. The molecular formula is C23H22FN7O. The molecule has 1 aliphatic rings. The fourth-order valence-electron chi connectivity index (χ4n) is 3.76. The molecule has 9 heteroatoms. The number of hydrogen-bond acceptors (Lipinski definition) is 7. The number of pyridine rings is 2. The van der Waals surface area contributed by atoms with Crippen molar-refractivity contribution in [3.8, 4) is 17.3 Å². The Bertz CT molecular complexity index is 1210. The first-order valence-electron chi connectivity index (χ1n) is 10.2. The van der Waals surface area contributed by atoms with E-state index in [4.69, 9.17) is 16.7 Å². The van der Waals surface area contributed by atoms with Crippen molar-refractivity contribution in [2.45, 2.75) is 18.9 Å². The highest BCUT2D eigenvalue weighted by Gasteiger charge is 2.22. The third-order valence-corrected chi connectivity index (χ3v) is 5.36. The maximum Gasteiger partial charge on any atom is 0.276 e. The van der Waals surface area contributed by atoms with E-state index >= 15 is 0 Å². The van der Waals surface area contributed by atoms with Gasteiger partial charge in [-0.05, 0) is 49.2 Å². The highest BCUT2D eigenvalue weighted by molar-refractivity contribution is 6.07. The van der Waals surface area contributed by atoms with Gasteiger partial charge in [-0.1, -0.05) is 0 Å². The Morgan fingerprint density at radius 1 is 1.28 bits per heavy atom. The van der Waals surface area contributed by atoms with E-state index in [1.807, 2.05) is 12.1 Å². The monoisotopic (exact) mass is 431 g/mol. The van der Waals surface area contributed by atoms with Gasteiger partial charge in [0.2, 0.25) is 0 Å². The highest BCUT2D eigenvalue weighted by Crippen LogP contribution is 2.29. The Morgan fingerprint density at radius 3 is 2.88 bits per heavy atom. The molecule has 0 radical (unpaired) electrons. The lowest BCUT2D eigenvalue weighted by Crippen LogP contribution is -2.43. The van der Waals surface area contributed by atoms with Crippen molar-refractivity contribution in [2.75, 3.05) is 29.0 Å². The predicted molar refractivity (Wildman–Crippen MR) is 120 cm³/mol. The van der Waals surface area contributed by atoms with Crippen LogP contribution in [-0.2, 0) is 0 Å². The van der Waals surface area contributed by atoms with E-state index in [1.54, 1.807) is 12.4 Å². The smallest absolute Gasteiger partial charge is 0.276 e. The first-order chi connectivity index (χ1) is 15.5. The average molecular weight is 431 g/mol. The summed E-state index contributed by atoms with van der Waals surface area (Å²) in [7, 11) is 0. The van der Waals surface area contributed by atoms with Crippen LogP contribution in [-0.4, -0.2) is 35.0 Å². The molecule has 3 heterocycles. The fourth-order valence-corrected chi connectivity index (χ4v) is 3.76. The normalized spacial score (nSPS) is 15.8. The predicted octanol–water partition coefficient (Wildman–Crippen LogP) is 2.92. The summed E-state index contributed by atoms with van der Waals surface area (Å²) in [4.78, 5) is 23.6. The third kappa shape index (κ3) is 4.36. The van der Waals surface area contributed by atoms with Gasteiger partial charge < -0.3 is 21.7 Å². The molecule has 0 spiro atoms. The van der Waals surface area contributed by atoms with Gasteiger partial charge in [-0.25, -0.2) is 9.37 Å². The summed E-state index contributed by atoms with van der Waals surface area (Å²) >= 11 is 0. The van der Waals surface area contributed by atoms with E-state index in [9.17, 15) is 9.18 Å². The van der Waals surface area contributed by atoms with Crippen LogP contribution in [0.5, 0.6) is 0 Å². The molecular weight excluding hydrogens is 409 g/mol. The van der Waals surface area contributed by atoms with E-state index in [1.165, 1.54) is 24.3 Å². The molecule has 1 aliphatic heterocycles. The number of anilines is 3. The summed E-state index contributed by atoms with van der Waals surface area (Å²) in [6.07, 6.45) is 5.14. The first-order valence-corrected chi connectivity index (χ1v) is 10.2. The van der Waals surface area contributed by atoms with Gasteiger partial charge in [-0.15, -0.1) is 0 Å². The second kappa shape index (κ2) is 8.99. The Kier molecular flexibility index (Phi) is 5.96. The van der Waals surface area contributed by atoms with E-state index in [0.717, 1.165) is 31.1 Å². The van der Waals surface area contributed by atoms with Gasteiger partial charge in [-0.3, -0.25) is 9.78 Å². The maximum absolute atomic E-state index is 14.4. The first kappa shape index (κ1) is 21.2. The zero-order valence-corrected chi connectivity index (χ0v) is 17.3. The number of carbonyl (C=O) groups excluding carboxylic acids is 1. The summed E-state index contributed by atoms with van der Waals surface area (Å²) in [5.41, 5.74) is 14.2. The number of amides is 1. The van der Waals surface area contributed by atoms with Gasteiger partial charge in [0.1, 0.15) is 5.82 Å². The minimum Gasteiger partial charge on any atom is -0.397 e. The Morgan fingerprint density at radius 2 is 2.12 bits per heavy atom. The third-order valence-electron chi connectivity index (χ3n) is 5.36. The lowest BCUT2D eigenvalue weighted by molar-refractivity contribution is 0.102. The van der Waals surface area contributed by atoms with Crippen LogP contribution >= 0.6 is 0 Å². The molecule has 1 saturated heterocycles. The van der Waals surface area contributed by atoms with Crippen molar-refractivity contribution >= 4 is 23.0 Å². The van der Waals surface area contributed by atoms with Gasteiger partial charge in [0, 0.05) is 30.9 Å². The topological polar surface area (TPSA) is 134 Å². The molecule has 0 saturated carbocycles. The zero-order valence-electron chi connectivity index (χ0n) is 17.3. The molecule has 4 rings (SSSR count). The standard InChI is InChI=1S/C23H22FN7O/c24-17-10-14(11-25)3-4-16(17)19-6-5-18(27)22(29-19)23(32)30-20-12-28-8-7-21(20)31-9-1-2-15(26)13-31/h3-8,10,12,15H,1-2,9,13,26-27H2,(H,30,32). The molecule has 162 valence electrons. The van der Waals surface area contributed by atoms with E-state index in [-0.39, 0.29) is 34.2 Å². The quantitative estimate of drug-likeness (QED) is 0.578. The van der Waals surface area contributed by atoms with Gasteiger partial charge in [-0.2, -0.15) is 5.26 Å². The molecule has 3 aromatic rings. The van der Waals surface area contributed by atoms with Crippen molar-refractivity contribution in [1.29, 1.82) is 5.26 Å². The minimum absolute atomic E-state index is 0.0311. The Balaban J connectivity index is 1.63. The fraction of sp³-hybridized carbons (Fsp3) is 0.217. The van der Waals surface area contributed by atoms with Gasteiger partial charge in [0.05, 0.1) is 40.6 Å². The number of benzene rings is 1. The number of hydrogen-bond donors (Lipinski definition) is 3. The minimum atomic E-state index is -0.608. The number of nitriles is 1. The summed E-state index contributed by atoms with van der Waals surface area (Å²) in [6.45, 7) is 1.51. The highest BCUT2D eigenvalue weighted by atomic mass is 19.1. The number of nitrogens with one attached hydrogen (secondary N) is 1. The molecule has 0 aliphatic carbocycles. The summed E-state index contributed by atoms with van der Waals surface area (Å²) < 4.78 is 14.4. The maximum atomic E-state index is 14.4. The molecule has 1 aromatic carbocycles. The van der Waals surface area contributed by atoms with Gasteiger partial charge in [0.15, 0.2) is 5.69 Å². The van der Waals surface area contributed by atoms with Crippen molar-refractivity contribution in [2.24, 2.45) is 5.73 Å².